The molecule has 10 heteroatoms. The van der Waals surface area contributed by atoms with Crippen molar-refractivity contribution in [3.63, 3.8) is 0 Å². The number of benzene rings is 1. The predicted octanol–water partition coefficient (Wildman–Crippen LogP) is 2.95. The van der Waals surface area contributed by atoms with Crippen LogP contribution in [-0.4, -0.2) is 46.3 Å². The molecule has 2 heterocycles. The Morgan fingerprint density at radius 2 is 1.94 bits per heavy atom. The first-order valence-corrected chi connectivity index (χ1v) is 12.0. The first kappa shape index (κ1) is 25.1. The molecule has 0 atom stereocenters. The summed E-state index contributed by atoms with van der Waals surface area (Å²) in [6, 6.07) is 10.8. The number of pyridine rings is 1. The van der Waals surface area contributed by atoms with Crippen LogP contribution >= 0.6 is 11.3 Å². The standard InChI is InChI=1S/C24H29N5O4S/c1-3-25-23(32)26-12-5-13-29-21(17-7-10-20(11-8-17)33-4-2)16-34-24(29)28-22(31)18-6-9-19(15-30)27-14-18/h6-11,14,16,30H,3-5,12-13,15H2,1-2H3,(H2,25,26,32). The summed E-state index contributed by atoms with van der Waals surface area (Å²) >= 11 is 1.37. The number of nitrogens with zero attached hydrogens (tertiary/aromatic N) is 3. The molecule has 180 valence electrons. The van der Waals surface area contributed by atoms with Gasteiger partial charge < -0.3 is 25.0 Å². The van der Waals surface area contributed by atoms with E-state index in [1.54, 1.807) is 12.1 Å². The van der Waals surface area contributed by atoms with E-state index >= 15 is 0 Å². The summed E-state index contributed by atoms with van der Waals surface area (Å²) in [6.45, 7) is 5.81. The molecule has 0 saturated carbocycles. The van der Waals surface area contributed by atoms with Gasteiger partial charge in [-0.15, -0.1) is 11.3 Å². The van der Waals surface area contributed by atoms with Crippen molar-refractivity contribution in [2.45, 2.75) is 33.4 Å². The maximum Gasteiger partial charge on any atom is 0.314 e. The second-order valence-electron chi connectivity index (χ2n) is 7.27. The molecule has 9 nitrogen and oxygen atoms in total. The van der Waals surface area contributed by atoms with Gasteiger partial charge >= 0.3 is 6.03 Å². The number of carbonyl (C=O) groups excluding carboxylic acids is 2. The van der Waals surface area contributed by atoms with Gasteiger partial charge in [-0.2, -0.15) is 4.99 Å². The fourth-order valence-corrected chi connectivity index (χ4v) is 4.15. The second-order valence-corrected chi connectivity index (χ2v) is 8.10. The van der Waals surface area contributed by atoms with E-state index in [2.05, 4.69) is 20.6 Å². The van der Waals surface area contributed by atoms with E-state index in [-0.39, 0.29) is 12.6 Å². The van der Waals surface area contributed by atoms with Gasteiger partial charge in [0, 0.05) is 31.2 Å². The lowest BCUT2D eigenvalue weighted by atomic mass is 10.1. The molecule has 3 N–H and O–H groups in total. The summed E-state index contributed by atoms with van der Waals surface area (Å²) < 4.78 is 7.52. The number of aliphatic hydroxyl groups is 1. The lowest BCUT2D eigenvalue weighted by molar-refractivity contribution is 0.0997. The molecule has 0 saturated heterocycles. The van der Waals surface area contributed by atoms with Crippen LogP contribution in [0.3, 0.4) is 0 Å². The maximum absolute atomic E-state index is 12.8. The number of aliphatic hydroxyl groups excluding tert-OH is 1. The largest absolute Gasteiger partial charge is 0.494 e. The number of urea groups is 1. The average molecular weight is 484 g/mol. The number of hydrogen-bond donors (Lipinski definition) is 3. The van der Waals surface area contributed by atoms with Gasteiger partial charge in [0.05, 0.1) is 30.2 Å². The quantitative estimate of drug-likeness (QED) is 0.383. The molecule has 0 aliphatic carbocycles. The minimum atomic E-state index is -0.411. The highest BCUT2D eigenvalue weighted by Crippen LogP contribution is 2.23. The van der Waals surface area contributed by atoms with Crippen molar-refractivity contribution >= 4 is 23.3 Å². The number of carbonyl (C=O) groups is 2. The minimum Gasteiger partial charge on any atom is -0.494 e. The monoisotopic (exact) mass is 483 g/mol. The summed E-state index contributed by atoms with van der Waals surface area (Å²) in [5, 5.41) is 16.6. The number of nitrogens with one attached hydrogen (secondary N) is 2. The Labute approximate surface area is 202 Å². The van der Waals surface area contributed by atoms with Crippen LogP contribution in [0.1, 0.15) is 36.3 Å². The Balaban J connectivity index is 1.87. The molecular formula is C24H29N5O4S. The summed E-state index contributed by atoms with van der Waals surface area (Å²) in [7, 11) is 0. The molecule has 3 aromatic rings. The third-order valence-corrected chi connectivity index (χ3v) is 5.73. The number of amides is 3. The Hall–Kier alpha value is -3.50. The van der Waals surface area contributed by atoms with E-state index in [0.717, 1.165) is 17.0 Å². The summed E-state index contributed by atoms with van der Waals surface area (Å²) in [5.41, 5.74) is 2.73. The molecule has 1 aromatic carbocycles. The molecule has 0 spiro atoms. The number of aromatic nitrogens is 2. The molecule has 3 amide bonds. The van der Waals surface area contributed by atoms with Crippen LogP contribution in [0.15, 0.2) is 53.0 Å². The fourth-order valence-electron chi connectivity index (χ4n) is 3.21. The molecule has 0 fully saturated rings. The van der Waals surface area contributed by atoms with E-state index in [0.29, 0.717) is 48.7 Å². The van der Waals surface area contributed by atoms with Crippen LogP contribution < -0.4 is 20.2 Å². The van der Waals surface area contributed by atoms with Crippen molar-refractivity contribution in [3.8, 4) is 17.0 Å². The van der Waals surface area contributed by atoms with Gasteiger partial charge in [0.25, 0.3) is 5.91 Å². The number of rotatable bonds is 10. The molecule has 2 aromatic heterocycles. The van der Waals surface area contributed by atoms with Crippen LogP contribution in [-0.2, 0) is 13.2 Å². The van der Waals surface area contributed by atoms with Gasteiger partial charge in [-0.3, -0.25) is 9.78 Å². The maximum atomic E-state index is 12.8. The van der Waals surface area contributed by atoms with Crippen molar-refractivity contribution in [1.29, 1.82) is 0 Å². The highest BCUT2D eigenvalue weighted by atomic mass is 32.1. The van der Waals surface area contributed by atoms with Crippen molar-refractivity contribution < 1.29 is 19.4 Å². The molecule has 0 bridgehead atoms. The van der Waals surface area contributed by atoms with Crippen molar-refractivity contribution in [2.24, 2.45) is 4.99 Å². The molecule has 0 unspecified atom stereocenters. The smallest absolute Gasteiger partial charge is 0.314 e. The third kappa shape index (κ3) is 6.75. The molecule has 34 heavy (non-hydrogen) atoms. The topological polar surface area (TPSA) is 118 Å². The summed E-state index contributed by atoms with van der Waals surface area (Å²) in [4.78, 5) is 33.4. The zero-order valence-electron chi connectivity index (χ0n) is 19.3. The Bertz CT molecular complexity index is 1150. The van der Waals surface area contributed by atoms with Gasteiger partial charge in [0.1, 0.15) is 5.75 Å². The van der Waals surface area contributed by atoms with E-state index in [1.165, 1.54) is 17.5 Å². The normalized spacial score (nSPS) is 11.3. The first-order valence-electron chi connectivity index (χ1n) is 11.1. The molecular weight excluding hydrogens is 454 g/mol. The van der Waals surface area contributed by atoms with Crippen LogP contribution in [0, 0.1) is 0 Å². The predicted molar refractivity (Wildman–Crippen MR) is 131 cm³/mol. The van der Waals surface area contributed by atoms with Crippen molar-refractivity contribution in [1.82, 2.24) is 20.2 Å². The molecule has 3 rings (SSSR count). The van der Waals surface area contributed by atoms with Gasteiger partial charge in [-0.25, -0.2) is 4.79 Å². The Kier molecular flexibility index (Phi) is 9.36. The number of ether oxygens (including phenoxy) is 1. The first-order chi connectivity index (χ1) is 16.5. The summed E-state index contributed by atoms with van der Waals surface area (Å²) in [5.74, 6) is 0.379. The van der Waals surface area contributed by atoms with E-state index in [4.69, 9.17) is 9.84 Å². The zero-order chi connectivity index (χ0) is 24.3. The van der Waals surface area contributed by atoms with Crippen LogP contribution in [0.4, 0.5) is 4.79 Å². The van der Waals surface area contributed by atoms with E-state index in [9.17, 15) is 9.59 Å². The van der Waals surface area contributed by atoms with Gasteiger partial charge in [-0.1, -0.05) is 0 Å². The third-order valence-electron chi connectivity index (χ3n) is 4.87. The molecule has 0 radical (unpaired) electrons. The summed E-state index contributed by atoms with van der Waals surface area (Å²) in [6.07, 6.45) is 2.07. The van der Waals surface area contributed by atoms with Crippen molar-refractivity contribution in [2.75, 3.05) is 19.7 Å². The van der Waals surface area contributed by atoms with E-state index in [1.807, 2.05) is 48.1 Å². The highest BCUT2D eigenvalue weighted by Gasteiger charge is 2.11. The molecule has 0 aliphatic heterocycles. The number of thiazole rings is 1. The van der Waals surface area contributed by atoms with Crippen LogP contribution in [0.25, 0.3) is 11.3 Å². The molecule has 0 aliphatic rings. The SMILES string of the molecule is CCNC(=O)NCCCn1c(-c2ccc(OCC)cc2)csc1=NC(=O)c1ccc(CO)nc1. The van der Waals surface area contributed by atoms with Crippen molar-refractivity contribution in [3.05, 3.63) is 64.0 Å². The zero-order valence-corrected chi connectivity index (χ0v) is 20.1. The fraction of sp³-hybridized carbons (Fsp3) is 0.333. The van der Waals surface area contributed by atoms with Crippen LogP contribution in [0.2, 0.25) is 0 Å². The van der Waals surface area contributed by atoms with Crippen LogP contribution in [0.5, 0.6) is 5.75 Å². The highest BCUT2D eigenvalue weighted by molar-refractivity contribution is 7.07. The van der Waals surface area contributed by atoms with Gasteiger partial charge in [0.15, 0.2) is 4.80 Å². The number of hydrogen-bond acceptors (Lipinski definition) is 6. The Morgan fingerprint density at radius 3 is 2.59 bits per heavy atom. The minimum absolute atomic E-state index is 0.188. The van der Waals surface area contributed by atoms with E-state index < -0.39 is 5.91 Å². The average Bonchev–Trinajstić information content (AvgIpc) is 3.25. The Morgan fingerprint density at radius 1 is 1.15 bits per heavy atom. The van der Waals surface area contributed by atoms with Gasteiger partial charge in [-0.05, 0) is 62.2 Å². The lowest BCUT2D eigenvalue weighted by Crippen LogP contribution is -2.36. The lowest BCUT2D eigenvalue weighted by Gasteiger charge is -2.11. The second kappa shape index (κ2) is 12.7. The van der Waals surface area contributed by atoms with Gasteiger partial charge in [0.2, 0.25) is 0 Å².